The molecule has 0 radical (unpaired) electrons. The maximum absolute atomic E-state index is 13.1. The highest BCUT2D eigenvalue weighted by Gasteiger charge is 2.23. The lowest BCUT2D eigenvalue weighted by Crippen LogP contribution is -2.36. The second-order valence-corrected chi connectivity index (χ2v) is 8.91. The molecule has 5 rings (SSSR count). The van der Waals surface area contributed by atoms with Gasteiger partial charge in [0, 0.05) is 12.2 Å². The van der Waals surface area contributed by atoms with Crippen molar-refractivity contribution in [2.75, 3.05) is 17.2 Å². The number of amides is 1. The summed E-state index contributed by atoms with van der Waals surface area (Å²) in [5.41, 5.74) is 2.85. The third-order valence-corrected chi connectivity index (χ3v) is 6.95. The molecular weight excluding hydrogens is 414 g/mol. The Balaban J connectivity index is 1.48. The number of rotatable bonds is 4. The largest absolute Gasteiger partial charge is 0.311 e. The quantitative estimate of drug-likeness (QED) is 0.351. The molecule has 0 spiro atoms. The van der Waals surface area contributed by atoms with Crippen LogP contribution in [0.2, 0.25) is 0 Å². The van der Waals surface area contributed by atoms with E-state index in [1.807, 2.05) is 58.8 Å². The Morgan fingerprint density at radius 3 is 2.73 bits per heavy atom. The number of thiophene rings is 1. The molecule has 150 valence electrons. The first-order valence-electron chi connectivity index (χ1n) is 9.79. The number of carbonyl (C=O) groups excluding carboxylic acids is 1. The lowest BCUT2D eigenvalue weighted by atomic mass is 10.0. The number of nitrogens with zero attached hydrogens (tertiary/aromatic N) is 3. The van der Waals surface area contributed by atoms with E-state index in [9.17, 15) is 9.59 Å². The number of para-hydroxylation sites is 2. The summed E-state index contributed by atoms with van der Waals surface area (Å²) in [5.74, 6) is 0.261. The summed E-state index contributed by atoms with van der Waals surface area (Å²) < 4.78 is 1.61. The average Bonchev–Trinajstić information content (AvgIpc) is 3.27. The number of anilines is 1. The first-order chi connectivity index (χ1) is 14.7. The van der Waals surface area contributed by atoms with Gasteiger partial charge in [0.2, 0.25) is 5.91 Å². The molecule has 0 saturated heterocycles. The molecule has 7 heteroatoms. The number of benzene rings is 2. The highest BCUT2D eigenvalue weighted by molar-refractivity contribution is 7.99. The predicted octanol–water partition coefficient (Wildman–Crippen LogP) is 4.52. The molecule has 0 saturated carbocycles. The van der Waals surface area contributed by atoms with Crippen LogP contribution >= 0.6 is 23.1 Å². The Morgan fingerprint density at radius 2 is 1.87 bits per heavy atom. The Bertz CT molecular complexity index is 1280. The maximum atomic E-state index is 13.1. The van der Waals surface area contributed by atoms with Crippen LogP contribution in [0, 0.1) is 0 Å². The molecule has 0 atom stereocenters. The van der Waals surface area contributed by atoms with Gasteiger partial charge in [-0.2, -0.15) is 0 Å². The molecule has 2 aromatic carbocycles. The van der Waals surface area contributed by atoms with Gasteiger partial charge < -0.3 is 4.90 Å². The molecule has 1 amide bonds. The second kappa shape index (κ2) is 8.08. The van der Waals surface area contributed by atoms with Crippen LogP contribution in [0.1, 0.15) is 12.0 Å². The summed E-state index contributed by atoms with van der Waals surface area (Å²) in [6.45, 7) is 0.722. The third kappa shape index (κ3) is 3.44. The van der Waals surface area contributed by atoms with E-state index in [4.69, 9.17) is 4.98 Å². The number of aromatic nitrogens is 2. The van der Waals surface area contributed by atoms with E-state index >= 15 is 0 Å². The molecule has 5 nitrogen and oxygen atoms in total. The van der Waals surface area contributed by atoms with Gasteiger partial charge in [-0.15, -0.1) is 11.3 Å². The summed E-state index contributed by atoms with van der Waals surface area (Å²) >= 11 is 2.76. The molecule has 1 aliphatic rings. The Morgan fingerprint density at radius 1 is 1.07 bits per heavy atom. The van der Waals surface area contributed by atoms with Gasteiger partial charge in [-0.25, -0.2) is 4.98 Å². The Labute approximate surface area is 182 Å². The summed E-state index contributed by atoms with van der Waals surface area (Å²) in [7, 11) is 0. The molecule has 0 unspecified atom stereocenters. The van der Waals surface area contributed by atoms with Crippen molar-refractivity contribution < 1.29 is 4.79 Å². The normalized spacial score (nSPS) is 13.4. The minimum Gasteiger partial charge on any atom is -0.311 e. The smallest absolute Gasteiger partial charge is 0.267 e. The molecular formula is C23H19N3O2S2. The van der Waals surface area contributed by atoms with E-state index in [0.717, 1.165) is 30.8 Å². The topological polar surface area (TPSA) is 55.2 Å². The summed E-state index contributed by atoms with van der Waals surface area (Å²) in [6.07, 6.45) is 1.96. The van der Waals surface area contributed by atoms with Gasteiger partial charge in [-0.3, -0.25) is 14.2 Å². The van der Waals surface area contributed by atoms with Crippen LogP contribution in [0.25, 0.3) is 15.9 Å². The molecule has 0 fully saturated rings. The number of carbonyl (C=O) groups is 1. The standard InChI is InChI=1S/C23H19N3O2S2/c27-20(25-13-6-8-16-7-4-5-11-19(16)25)15-30-23-24-21-18(12-14-29-21)22(28)26(23)17-9-2-1-3-10-17/h1-5,7,9-12,14H,6,8,13,15H2. The van der Waals surface area contributed by atoms with E-state index < -0.39 is 0 Å². The van der Waals surface area contributed by atoms with Crippen molar-refractivity contribution in [1.29, 1.82) is 0 Å². The first kappa shape index (κ1) is 19.1. The number of thioether (sulfide) groups is 1. The maximum Gasteiger partial charge on any atom is 0.267 e. The van der Waals surface area contributed by atoms with Crippen LogP contribution in [0.5, 0.6) is 0 Å². The van der Waals surface area contributed by atoms with Gasteiger partial charge in [0.15, 0.2) is 5.16 Å². The molecule has 0 N–H and O–H groups in total. The Hall–Kier alpha value is -2.90. The van der Waals surface area contributed by atoms with E-state index in [-0.39, 0.29) is 17.2 Å². The molecule has 4 aromatic rings. The summed E-state index contributed by atoms with van der Waals surface area (Å²) in [4.78, 5) is 33.5. The fraction of sp³-hybridized carbons (Fsp3) is 0.174. The van der Waals surface area contributed by atoms with Crippen molar-refractivity contribution in [3.8, 4) is 5.69 Å². The molecule has 2 aromatic heterocycles. The zero-order chi connectivity index (χ0) is 20.5. The minimum atomic E-state index is -0.106. The van der Waals surface area contributed by atoms with E-state index in [1.165, 1.54) is 28.7 Å². The summed E-state index contributed by atoms with van der Waals surface area (Å²) in [5, 5.41) is 3.02. The summed E-state index contributed by atoms with van der Waals surface area (Å²) in [6, 6.07) is 19.3. The van der Waals surface area contributed by atoms with Crippen molar-refractivity contribution in [3.63, 3.8) is 0 Å². The highest BCUT2D eigenvalue weighted by atomic mass is 32.2. The lowest BCUT2D eigenvalue weighted by Gasteiger charge is -2.29. The Kier molecular flexibility index (Phi) is 5.14. The van der Waals surface area contributed by atoms with Crippen LogP contribution in [0.4, 0.5) is 5.69 Å². The average molecular weight is 434 g/mol. The van der Waals surface area contributed by atoms with Gasteiger partial charge in [0.1, 0.15) is 4.83 Å². The molecule has 0 bridgehead atoms. The zero-order valence-electron chi connectivity index (χ0n) is 16.2. The van der Waals surface area contributed by atoms with Crippen LogP contribution < -0.4 is 10.5 Å². The van der Waals surface area contributed by atoms with Crippen molar-refractivity contribution in [2.45, 2.75) is 18.0 Å². The SMILES string of the molecule is O=C(CSc1nc2sccc2c(=O)n1-c1ccccc1)N1CCCc2ccccc21. The van der Waals surface area contributed by atoms with Gasteiger partial charge in [0.05, 0.1) is 16.8 Å². The number of aryl methyl sites for hydroxylation is 1. The fourth-order valence-electron chi connectivity index (χ4n) is 3.79. The van der Waals surface area contributed by atoms with E-state index in [2.05, 4.69) is 6.07 Å². The minimum absolute atomic E-state index is 0.0345. The van der Waals surface area contributed by atoms with Crippen LogP contribution in [-0.4, -0.2) is 27.8 Å². The molecule has 30 heavy (non-hydrogen) atoms. The van der Waals surface area contributed by atoms with Crippen LogP contribution in [-0.2, 0) is 11.2 Å². The molecule has 3 heterocycles. The highest BCUT2D eigenvalue weighted by Crippen LogP contribution is 2.29. The van der Waals surface area contributed by atoms with Gasteiger partial charge in [-0.05, 0) is 48.1 Å². The number of fused-ring (bicyclic) bond motifs is 2. The predicted molar refractivity (Wildman–Crippen MR) is 123 cm³/mol. The molecule has 1 aliphatic heterocycles. The van der Waals surface area contributed by atoms with Gasteiger partial charge in [0.25, 0.3) is 5.56 Å². The van der Waals surface area contributed by atoms with Gasteiger partial charge >= 0.3 is 0 Å². The van der Waals surface area contributed by atoms with Crippen LogP contribution in [0.15, 0.2) is 76.0 Å². The van der Waals surface area contributed by atoms with Crippen molar-refractivity contribution >= 4 is 44.9 Å². The fourth-order valence-corrected chi connectivity index (χ4v) is 5.49. The number of hydrogen-bond acceptors (Lipinski definition) is 5. The second-order valence-electron chi connectivity index (χ2n) is 7.08. The first-order valence-corrected chi connectivity index (χ1v) is 11.7. The lowest BCUT2D eigenvalue weighted by molar-refractivity contribution is -0.116. The third-order valence-electron chi connectivity index (χ3n) is 5.22. The van der Waals surface area contributed by atoms with Crippen molar-refractivity contribution in [1.82, 2.24) is 9.55 Å². The van der Waals surface area contributed by atoms with Crippen LogP contribution in [0.3, 0.4) is 0 Å². The monoisotopic (exact) mass is 433 g/mol. The van der Waals surface area contributed by atoms with E-state index in [1.54, 1.807) is 10.6 Å². The van der Waals surface area contributed by atoms with Gasteiger partial charge in [-0.1, -0.05) is 48.2 Å². The van der Waals surface area contributed by atoms with Crippen molar-refractivity contribution in [3.05, 3.63) is 82.0 Å². The number of hydrogen-bond donors (Lipinski definition) is 0. The molecule has 0 aliphatic carbocycles. The van der Waals surface area contributed by atoms with E-state index in [0.29, 0.717) is 15.4 Å². The zero-order valence-corrected chi connectivity index (χ0v) is 17.8. The van der Waals surface area contributed by atoms with Crippen molar-refractivity contribution in [2.24, 2.45) is 0 Å².